The van der Waals surface area contributed by atoms with Gasteiger partial charge in [-0.05, 0) is 66.6 Å². The third-order valence-corrected chi connectivity index (χ3v) is 5.56. The topological polar surface area (TPSA) is 12.5 Å². The van der Waals surface area contributed by atoms with Gasteiger partial charge in [-0.25, -0.2) is 8.78 Å². The summed E-state index contributed by atoms with van der Waals surface area (Å²) in [5.74, 6) is -1.79. The van der Waals surface area contributed by atoms with Gasteiger partial charge in [-0.3, -0.25) is 4.90 Å². The molecule has 2 nitrogen and oxygen atoms in total. The molecule has 30 heavy (non-hydrogen) atoms. The molecule has 0 atom stereocenters. The molecule has 0 aromatic heterocycles. The summed E-state index contributed by atoms with van der Waals surface area (Å²) in [6.07, 6.45) is 1.18. The Labute approximate surface area is 172 Å². The molecular weight excluding hydrogens is 401 g/mol. The maximum atomic E-state index is 14.5. The van der Waals surface area contributed by atoms with E-state index in [1.54, 1.807) is 0 Å². The summed E-state index contributed by atoms with van der Waals surface area (Å²) >= 11 is 0. The van der Waals surface area contributed by atoms with Gasteiger partial charge in [-0.1, -0.05) is 18.2 Å². The van der Waals surface area contributed by atoms with Crippen LogP contribution in [-0.4, -0.2) is 24.1 Å². The van der Waals surface area contributed by atoms with E-state index in [4.69, 9.17) is 4.74 Å². The molecule has 0 bridgehead atoms. The van der Waals surface area contributed by atoms with E-state index in [2.05, 4.69) is 0 Å². The molecule has 4 rings (SSSR count). The maximum absolute atomic E-state index is 14.5. The zero-order valence-corrected chi connectivity index (χ0v) is 16.3. The first-order chi connectivity index (χ1) is 14.3. The SMILES string of the molecule is Fc1cc(C2=CCCCC2)cc(F)c1OC1CN(Cc2ccc(C(F)(F)F)cc2)C1. The van der Waals surface area contributed by atoms with Crippen LogP contribution in [0.1, 0.15) is 42.4 Å². The first-order valence-corrected chi connectivity index (χ1v) is 10.0. The van der Waals surface area contributed by atoms with Crippen LogP contribution in [0.5, 0.6) is 5.75 Å². The Bertz CT molecular complexity index is 907. The number of halogens is 5. The number of ether oxygens (including phenoxy) is 1. The Morgan fingerprint density at radius 2 is 1.63 bits per heavy atom. The van der Waals surface area contributed by atoms with E-state index in [1.807, 2.05) is 11.0 Å². The average Bonchev–Trinajstić information content (AvgIpc) is 2.68. The van der Waals surface area contributed by atoms with E-state index >= 15 is 0 Å². The van der Waals surface area contributed by atoms with Gasteiger partial charge in [-0.15, -0.1) is 0 Å². The van der Waals surface area contributed by atoms with Crippen molar-refractivity contribution in [3.8, 4) is 5.75 Å². The quantitative estimate of drug-likeness (QED) is 0.531. The number of hydrogen-bond acceptors (Lipinski definition) is 2. The molecule has 0 amide bonds. The summed E-state index contributed by atoms with van der Waals surface area (Å²) in [5, 5.41) is 0. The van der Waals surface area contributed by atoms with Gasteiger partial charge in [-0.2, -0.15) is 13.2 Å². The van der Waals surface area contributed by atoms with Gasteiger partial charge in [0.1, 0.15) is 6.10 Å². The number of alkyl halides is 3. The standard InChI is InChI=1S/C23H22F5NO/c24-20-10-17(16-4-2-1-3-5-16)11-21(25)22(20)30-19-13-29(14-19)12-15-6-8-18(9-7-15)23(26,27)28/h4,6-11,19H,1-3,5,12-14H2. The number of allylic oxidation sites excluding steroid dienone is 2. The molecule has 160 valence electrons. The normalized spacial score (nSPS) is 18.1. The van der Waals surface area contributed by atoms with Crippen LogP contribution in [0, 0.1) is 11.6 Å². The Kier molecular flexibility index (Phi) is 5.82. The van der Waals surface area contributed by atoms with Gasteiger partial charge in [0.25, 0.3) is 0 Å². The second-order valence-electron chi connectivity index (χ2n) is 7.87. The lowest BCUT2D eigenvalue weighted by molar-refractivity contribution is -0.137. The van der Waals surface area contributed by atoms with Gasteiger partial charge in [0.2, 0.25) is 0 Å². The highest BCUT2D eigenvalue weighted by Crippen LogP contribution is 2.33. The third kappa shape index (κ3) is 4.67. The van der Waals surface area contributed by atoms with E-state index in [9.17, 15) is 22.0 Å². The van der Waals surface area contributed by atoms with Crippen molar-refractivity contribution in [2.24, 2.45) is 0 Å². The van der Waals surface area contributed by atoms with Crippen molar-refractivity contribution in [1.29, 1.82) is 0 Å². The van der Waals surface area contributed by atoms with Crippen LogP contribution in [0.25, 0.3) is 5.57 Å². The largest absolute Gasteiger partial charge is 0.482 e. The van der Waals surface area contributed by atoms with Crippen molar-refractivity contribution < 1.29 is 26.7 Å². The maximum Gasteiger partial charge on any atom is 0.416 e. The smallest absolute Gasteiger partial charge is 0.416 e. The zero-order valence-electron chi connectivity index (χ0n) is 16.3. The van der Waals surface area contributed by atoms with Gasteiger partial charge in [0.05, 0.1) is 5.56 Å². The van der Waals surface area contributed by atoms with Crippen LogP contribution in [0.15, 0.2) is 42.5 Å². The van der Waals surface area contributed by atoms with E-state index < -0.39 is 23.4 Å². The van der Waals surface area contributed by atoms with Crippen LogP contribution in [0.3, 0.4) is 0 Å². The van der Waals surface area contributed by atoms with Crippen molar-refractivity contribution in [3.05, 3.63) is 70.8 Å². The lowest BCUT2D eigenvalue weighted by atomic mass is 9.93. The van der Waals surface area contributed by atoms with Gasteiger partial charge in [0, 0.05) is 19.6 Å². The number of rotatable bonds is 5. The summed E-state index contributed by atoms with van der Waals surface area (Å²) in [6, 6.07) is 7.64. The molecule has 2 aliphatic rings. The predicted octanol–water partition coefficient (Wildman–Crippen LogP) is 6.20. The molecule has 1 heterocycles. The first-order valence-electron chi connectivity index (χ1n) is 10.0. The Balaban J connectivity index is 1.33. The molecule has 0 radical (unpaired) electrons. The Morgan fingerprint density at radius 3 is 2.20 bits per heavy atom. The summed E-state index contributed by atoms with van der Waals surface area (Å²) in [4.78, 5) is 1.95. The number of likely N-dealkylation sites (tertiary alicyclic amines) is 1. The summed E-state index contributed by atoms with van der Waals surface area (Å²) < 4.78 is 72.3. The fraction of sp³-hybridized carbons (Fsp3) is 0.391. The zero-order chi connectivity index (χ0) is 21.3. The summed E-state index contributed by atoms with van der Waals surface area (Å²) in [5.41, 5.74) is 1.59. The average molecular weight is 423 g/mol. The van der Waals surface area contributed by atoms with Crippen molar-refractivity contribution in [2.45, 2.75) is 44.5 Å². The number of nitrogens with zero attached hydrogens (tertiary/aromatic N) is 1. The van der Waals surface area contributed by atoms with Crippen molar-refractivity contribution in [2.75, 3.05) is 13.1 Å². The van der Waals surface area contributed by atoms with E-state index in [1.165, 1.54) is 24.3 Å². The molecule has 1 aliphatic carbocycles. The van der Waals surface area contributed by atoms with Crippen molar-refractivity contribution in [3.63, 3.8) is 0 Å². The fourth-order valence-electron chi connectivity index (χ4n) is 3.91. The first kappa shape index (κ1) is 20.8. The van der Waals surface area contributed by atoms with Crippen molar-refractivity contribution >= 4 is 5.57 Å². The molecule has 1 fully saturated rings. The van der Waals surface area contributed by atoms with Crippen LogP contribution in [0.2, 0.25) is 0 Å². The third-order valence-electron chi connectivity index (χ3n) is 5.56. The highest BCUT2D eigenvalue weighted by Gasteiger charge is 2.32. The predicted molar refractivity (Wildman–Crippen MR) is 104 cm³/mol. The van der Waals surface area contributed by atoms with E-state index in [0.29, 0.717) is 25.2 Å². The summed E-state index contributed by atoms with van der Waals surface area (Å²) in [7, 11) is 0. The van der Waals surface area contributed by atoms with Crippen LogP contribution in [-0.2, 0) is 12.7 Å². The molecule has 0 spiro atoms. The minimum absolute atomic E-state index is 0.358. The van der Waals surface area contributed by atoms with Gasteiger partial charge < -0.3 is 4.74 Å². The van der Waals surface area contributed by atoms with Crippen LogP contribution >= 0.6 is 0 Å². The second kappa shape index (κ2) is 8.38. The molecule has 1 saturated heterocycles. The molecule has 0 unspecified atom stereocenters. The number of hydrogen-bond donors (Lipinski definition) is 0. The molecular formula is C23H22F5NO. The molecule has 1 aliphatic heterocycles. The number of benzene rings is 2. The fourth-order valence-corrected chi connectivity index (χ4v) is 3.91. The Hall–Kier alpha value is -2.41. The molecule has 2 aromatic rings. The lowest BCUT2D eigenvalue weighted by Gasteiger charge is -2.39. The lowest BCUT2D eigenvalue weighted by Crippen LogP contribution is -2.53. The molecule has 0 N–H and O–H groups in total. The second-order valence-corrected chi connectivity index (χ2v) is 7.87. The molecule has 0 saturated carbocycles. The highest BCUT2D eigenvalue weighted by molar-refractivity contribution is 5.67. The minimum atomic E-state index is -4.36. The highest BCUT2D eigenvalue weighted by atomic mass is 19.4. The van der Waals surface area contributed by atoms with E-state index in [0.717, 1.165) is 49.0 Å². The minimum Gasteiger partial charge on any atom is -0.482 e. The summed E-state index contributed by atoms with van der Waals surface area (Å²) in [6.45, 7) is 1.36. The van der Waals surface area contributed by atoms with Crippen molar-refractivity contribution in [1.82, 2.24) is 4.90 Å². The van der Waals surface area contributed by atoms with Gasteiger partial charge in [0.15, 0.2) is 17.4 Å². The Morgan fingerprint density at radius 1 is 0.967 bits per heavy atom. The van der Waals surface area contributed by atoms with Crippen LogP contribution in [0.4, 0.5) is 22.0 Å². The van der Waals surface area contributed by atoms with Crippen LogP contribution < -0.4 is 4.74 Å². The van der Waals surface area contributed by atoms with Gasteiger partial charge >= 0.3 is 6.18 Å². The van der Waals surface area contributed by atoms with E-state index in [-0.39, 0.29) is 11.9 Å². The molecule has 2 aromatic carbocycles. The monoisotopic (exact) mass is 423 g/mol. The molecule has 7 heteroatoms.